The van der Waals surface area contributed by atoms with Gasteiger partial charge in [0.2, 0.25) is 5.91 Å². The highest BCUT2D eigenvalue weighted by Gasteiger charge is 2.31. The number of carboxylic acid groups (broad SMARTS) is 1. The van der Waals surface area contributed by atoms with Crippen LogP contribution in [0.25, 0.3) is 0 Å². The SMILES string of the molecule is Cc1cc(CN2CCNC(=O)C2CC(=O)O)cc(C)c1O. The van der Waals surface area contributed by atoms with Gasteiger partial charge in [-0.3, -0.25) is 14.5 Å². The maximum absolute atomic E-state index is 11.9. The van der Waals surface area contributed by atoms with Crippen LogP contribution in [-0.4, -0.2) is 46.1 Å². The van der Waals surface area contributed by atoms with Gasteiger partial charge in [0.25, 0.3) is 0 Å². The Kier molecular flexibility index (Phi) is 4.47. The minimum absolute atomic E-state index is 0.206. The number of hydrogen-bond acceptors (Lipinski definition) is 4. The molecule has 1 aliphatic rings. The fourth-order valence-electron chi connectivity index (χ4n) is 2.71. The van der Waals surface area contributed by atoms with Crippen molar-refractivity contribution in [1.82, 2.24) is 10.2 Å². The van der Waals surface area contributed by atoms with Crippen LogP contribution >= 0.6 is 0 Å². The van der Waals surface area contributed by atoms with Crippen molar-refractivity contribution in [2.24, 2.45) is 0 Å². The smallest absolute Gasteiger partial charge is 0.305 e. The molecule has 1 unspecified atom stereocenters. The van der Waals surface area contributed by atoms with E-state index < -0.39 is 12.0 Å². The van der Waals surface area contributed by atoms with Gasteiger partial charge in [0, 0.05) is 19.6 Å². The van der Waals surface area contributed by atoms with Gasteiger partial charge in [0.15, 0.2) is 0 Å². The van der Waals surface area contributed by atoms with Crippen LogP contribution in [0.4, 0.5) is 0 Å². The number of phenolic OH excluding ortho intramolecular Hbond substituents is 1. The lowest BCUT2D eigenvalue weighted by Crippen LogP contribution is -2.55. The highest BCUT2D eigenvalue weighted by atomic mass is 16.4. The molecule has 1 aromatic rings. The summed E-state index contributed by atoms with van der Waals surface area (Å²) < 4.78 is 0. The summed E-state index contributed by atoms with van der Waals surface area (Å²) in [5.41, 5.74) is 2.52. The van der Waals surface area contributed by atoms with Crippen LogP contribution in [0.5, 0.6) is 5.75 Å². The van der Waals surface area contributed by atoms with Crippen molar-refractivity contribution in [1.29, 1.82) is 0 Å². The van der Waals surface area contributed by atoms with E-state index in [1.54, 1.807) is 0 Å². The first kappa shape index (κ1) is 15.3. The average molecular weight is 292 g/mol. The van der Waals surface area contributed by atoms with Crippen molar-refractivity contribution in [3.8, 4) is 5.75 Å². The van der Waals surface area contributed by atoms with E-state index in [4.69, 9.17) is 5.11 Å². The van der Waals surface area contributed by atoms with E-state index in [-0.39, 0.29) is 18.1 Å². The molecule has 1 heterocycles. The molecule has 6 nitrogen and oxygen atoms in total. The molecule has 21 heavy (non-hydrogen) atoms. The molecule has 0 aromatic heterocycles. The van der Waals surface area contributed by atoms with Crippen molar-refractivity contribution < 1.29 is 19.8 Å². The third-order valence-corrected chi connectivity index (χ3v) is 3.75. The zero-order valence-electron chi connectivity index (χ0n) is 12.2. The standard InChI is InChI=1S/C15H20N2O4/c1-9-5-11(6-10(2)14(9)20)8-17-4-3-16-15(21)12(17)7-13(18)19/h5-6,12,20H,3-4,7-8H2,1-2H3,(H,16,21)(H,18,19). The molecule has 2 rings (SSSR count). The van der Waals surface area contributed by atoms with Gasteiger partial charge in [-0.05, 0) is 30.5 Å². The molecule has 0 radical (unpaired) electrons. The monoisotopic (exact) mass is 292 g/mol. The second-order valence-electron chi connectivity index (χ2n) is 5.45. The number of aromatic hydroxyl groups is 1. The summed E-state index contributed by atoms with van der Waals surface area (Å²) in [5, 5.41) is 21.4. The lowest BCUT2D eigenvalue weighted by atomic mass is 10.0. The normalized spacial score (nSPS) is 19.3. The van der Waals surface area contributed by atoms with Crippen LogP contribution in [0.2, 0.25) is 0 Å². The fraction of sp³-hybridized carbons (Fsp3) is 0.467. The quantitative estimate of drug-likeness (QED) is 0.763. The van der Waals surface area contributed by atoms with E-state index in [1.165, 1.54) is 0 Å². The van der Waals surface area contributed by atoms with E-state index >= 15 is 0 Å². The number of aryl methyl sites for hydroxylation is 2. The lowest BCUT2D eigenvalue weighted by Gasteiger charge is -2.34. The maximum atomic E-state index is 11.9. The number of carbonyl (C=O) groups is 2. The molecular formula is C15H20N2O4. The second-order valence-corrected chi connectivity index (χ2v) is 5.45. The number of aliphatic carboxylic acids is 1. The summed E-state index contributed by atoms with van der Waals surface area (Å²) in [4.78, 5) is 24.7. The largest absolute Gasteiger partial charge is 0.507 e. The zero-order valence-corrected chi connectivity index (χ0v) is 12.2. The molecule has 6 heteroatoms. The summed E-state index contributed by atoms with van der Waals surface area (Å²) in [5.74, 6) is -0.951. The van der Waals surface area contributed by atoms with Gasteiger partial charge in [-0.2, -0.15) is 0 Å². The van der Waals surface area contributed by atoms with Crippen LogP contribution in [-0.2, 0) is 16.1 Å². The summed E-state index contributed by atoms with van der Waals surface area (Å²) in [6, 6.07) is 3.09. The summed E-state index contributed by atoms with van der Waals surface area (Å²) in [7, 11) is 0. The van der Waals surface area contributed by atoms with Gasteiger partial charge >= 0.3 is 5.97 Å². The molecule has 114 valence electrons. The average Bonchev–Trinajstić information content (AvgIpc) is 2.39. The van der Waals surface area contributed by atoms with E-state index in [0.29, 0.717) is 19.6 Å². The third kappa shape index (κ3) is 3.52. The molecule has 1 fully saturated rings. The molecule has 0 spiro atoms. The Hall–Kier alpha value is -2.08. The Morgan fingerprint density at radius 1 is 1.38 bits per heavy atom. The number of nitrogens with zero attached hydrogens (tertiary/aromatic N) is 1. The Morgan fingerprint density at radius 2 is 2.00 bits per heavy atom. The van der Waals surface area contributed by atoms with Gasteiger partial charge in [-0.15, -0.1) is 0 Å². The molecular weight excluding hydrogens is 272 g/mol. The first-order valence-corrected chi connectivity index (χ1v) is 6.91. The van der Waals surface area contributed by atoms with Crippen molar-refractivity contribution in [3.63, 3.8) is 0 Å². The molecule has 1 saturated heterocycles. The van der Waals surface area contributed by atoms with Gasteiger partial charge in [0.1, 0.15) is 11.8 Å². The zero-order chi connectivity index (χ0) is 15.6. The fourth-order valence-corrected chi connectivity index (χ4v) is 2.71. The van der Waals surface area contributed by atoms with Crippen LogP contribution in [0.3, 0.4) is 0 Å². The predicted molar refractivity (Wildman–Crippen MR) is 77.0 cm³/mol. The van der Waals surface area contributed by atoms with E-state index in [2.05, 4.69) is 5.32 Å². The minimum atomic E-state index is -0.986. The van der Waals surface area contributed by atoms with Crippen LogP contribution in [0.1, 0.15) is 23.1 Å². The van der Waals surface area contributed by atoms with Crippen LogP contribution in [0, 0.1) is 13.8 Å². The molecule has 0 saturated carbocycles. The number of carbonyl (C=O) groups excluding carboxylic acids is 1. The van der Waals surface area contributed by atoms with E-state index in [0.717, 1.165) is 16.7 Å². The van der Waals surface area contributed by atoms with Crippen molar-refractivity contribution in [2.75, 3.05) is 13.1 Å². The van der Waals surface area contributed by atoms with E-state index in [9.17, 15) is 14.7 Å². The summed E-state index contributed by atoms with van der Waals surface area (Å²) >= 11 is 0. The van der Waals surface area contributed by atoms with Crippen LogP contribution < -0.4 is 5.32 Å². The third-order valence-electron chi connectivity index (χ3n) is 3.75. The molecule has 1 atom stereocenters. The number of benzene rings is 1. The summed E-state index contributed by atoms with van der Waals surface area (Å²) in [6.07, 6.45) is -0.206. The Morgan fingerprint density at radius 3 is 2.57 bits per heavy atom. The van der Waals surface area contributed by atoms with Crippen molar-refractivity contribution in [2.45, 2.75) is 32.9 Å². The van der Waals surface area contributed by atoms with Crippen molar-refractivity contribution in [3.05, 3.63) is 28.8 Å². The number of nitrogens with one attached hydrogen (secondary N) is 1. The number of amides is 1. The highest BCUT2D eigenvalue weighted by molar-refractivity contribution is 5.86. The molecule has 1 aromatic carbocycles. The molecule has 0 aliphatic carbocycles. The Bertz CT molecular complexity index is 548. The minimum Gasteiger partial charge on any atom is -0.507 e. The summed E-state index contributed by atoms with van der Waals surface area (Å²) in [6.45, 7) is 5.27. The van der Waals surface area contributed by atoms with Gasteiger partial charge < -0.3 is 15.5 Å². The number of piperazine rings is 1. The number of phenols is 1. The lowest BCUT2D eigenvalue weighted by molar-refractivity contribution is -0.143. The van der Waals surface area contributed by atoms with Gasteiger partial charge in [-0.25, -0.2) is 0 Å². The number of carboxylic acids is 1. The Labute approximate surface area is 123 Å². The first-order valence-electron chi connectivity index (χ1n) is 6.91. The van der Waals surface area contributed by atoms with Crippen LogP contribution in [0.15, 0.2) is 12.1 Å². The Balaban J connectivity index is 2.19. The molecule has 3 N–H and O–H groups in total. The number of rotatable bonds is 4. The first-order chi connectivity index (χ1) is 9.88. The maximum Gasteiger partial charge on any atom is 0.305 e. The highest BCUT2D eigenvalue weighted by Crippen LogP contribution is 2.24. The van der Waals surface area contributed by atoms with Gasteiger partial charge in [0.05, 0.1) is 6.42 Å². The molecule has 0 bridgehead atoms. The molecule has 1 amide bonds. The van der Waals surface area contributed by atoms with Crippen molar-refractivity contribution >= 4 is 11.9 Å². The topological polar surface area (TPSA) is 89.9 Å². The predicted octanol–water partition coefficient (Wildman–Crippen LogP) is 0.784. The van der Waals surface area contributed by atoms with E-state index in [1.807, 2.05) is 30.9 Å². The van der Waals surface area contributed by atoms with Gasteiger partial charge in [-0.1, -0.05) is 12.1 Å². The molecule has 1 aliphatic heterocycles. The number of hydrogen-bond donors (Lipinski definition) is 3. The second kappa shape index (κ2) is 6.13.